The lowest BCUT2D eigenvalue weighted by Gasteiger charge is -2.32. The number of nitrogens with one attached hydrogen (secondary N) is 1. The standard InChI is InChI=1S/C15H23ClN2/c1-10-3-6-13(16)9-15(10)18-11(2)12-4-7-14(17)8-5-12/h3,6,9,11-12,14,18H,4-5,7-8,17H2,1-2H3. The molecule has 3 heteroatoms. The average Bonchev–Trinajstić information content (AvgIpc) is 2.34. The topological polar surface area (TPSA) is 38.0 Å². The second kappa shape index (κ2) is 5.94. The van der Waals surface area contributed by atoms with E-state index in [-0.39, 0.29) is 0 Å². The van der Waals surface area contributed by atoms with Crippen LogP contribution in [-0.4, -0.2) is 12.1 Å². The zero-order valence-electron chi connectivity index (χ0n) is 11.2. The molecule has 18 heavy (non-hydrogen) atoms. The van der Waals surface area contributed by atoms with Crippen molar-refractivity contribution >= 4 is 17.3 Å². The van der Waals surface area contributed by atoms with E-state index >= 15 is 0 Å². The Morgan fingerprint density at radius 1 is 1.28 bits per heavy atom. The van der Waals surface area contributed by atoms with Crippen LogP contribution < -0.4 is 11.1 Å². The number of hydrogen-bond acceptors (Lipinski definition) is 2. The van der Waals surface area contributed by atoms with E-state index in [1.165, 1.54) is 18.4 Å². The van der Waals surface area contributed by atoms with Gasteiger partial charge in [-0.05, 0) is 63.1 Å². The summed E-state index contributed by atoms with van der Waals surface area (Å²) >= 11 is 6.05. The van der Waals surface area contributed by atoms with Crippen LogP contribution in [0.3, 0.4) is 0 Å². The number of benzene rings is 1. The third-order valence-electron chi connectivity index (χ3n) is 4.11. The highest BCUT2D eigenvalue weighted by Gasteiger charge is 2.23. The lowest BCUT2D eigenvalue weighted by Crippen LogP contribution is -2.34. The molecule has 1 fully saturated rings. The van der Waals surface area contributed by atoms with Gasteiger partial charge < -0.3 is 11.1 Å². The number of rotatable bonds is 3. The van der Waals surface area contributed by atoms with Crippen LogP contribution in [0.5, 0.6) is 0 Å². The molecule has 1 atom stereocenters. The van der Waals surface area contributed by atoms with Crippen LogP contribution in [0.4, 0.5) is 5.69 Å². The highest BCUT2D eigenvalue weighted by Crippen LogP contribution is 2.29. The van der Waals surface area contributed by atoms with Gasteiger partial charge in [-0.25, -0.2) is 0 Å². The Hall–Kier alpha value is -0.730. The maximum atomic E-state index is 6.05. The molecule has 0 aromatic heterocycles. The number of aryl methyl sites for hydroxylation is 1. The summed E-state index contributed by atoms with van der Waals surface area (Å²) in [6, 6.07) is 6.92. The van der Waals surface area contributed by atoms with Crippen LogP contribution in [-0.2, 0) is 0 Å². The van der Waals surface area contributed by atoms with E-state index in [9.17, 15) is 0 Å². The molecule has 1 aromatic rings. The Balaban J connectivity index is 1.98. The fourth-order valence-corrected chi connectivity index (χ4v) is 2.93. The zero-order chi connectivity index (χ0) is 13.1. The Bertz CT molecular complexity index is 397. The second-order valence-electron chi connectivity index (χ2n) is 5.57. The van der Waals surface area contributed by atoms with Crippen molar-refractivity contribution in [2.75, 3.05) is 5.32 Å². The fourth-order valence-electron chi connectivity index (χ4n) is 2.76. The first-order valence-corrected chi connectivity index (χ1v) is 7.22. The van der Waals surface area contributed by atoms with Crippen LogP contribution in [0.1, 0.15) is 38.2 Å². The molecule has 0 aliphatic heterocycles. The molecular weight excluding hydrogens is 244 g/mol. The van der Waals surface area contributed by atoms with Crippen molar-refractivity contribution in [3.05, 3.63) is 28.8 Å². The molecule has 3 N–H and O–H groups in total. The van der Waals surface area contributed by atoms with Crippen LogP contribution in [0.2, 0.25) is 5.02 Å². The van der Waals surface area contributed by atoms with Gasteiger partial charge in [-0.1, -0.05) is 17.7 Å². The maximum Gasteiger partial charge on any atom is 0.0426 e. The minimum Gasteiger partial charge on any atom is -0.382 e. The predicted molar refractivity (Wildman–Crippen MR) is 79.2 cm³/mol. The van der Waals surface area contributed by atoms with Gasteiger partial charge in [0.25, 0.3) is 0 Å². The quantitative estimate of drug-likeness (QED) is 0.869. The largest absolute Gasteiger partial charge is 0.382 e. The fraction of sp³-hybridized carbons (Fsp3) is 0.600. The van der Waals surface area contributed by atoms with Crippen molar-refractivity contribution in [2.24, 2.45) is 11.7 Å². The summed E-state index contributed by atoms with van der Waals surface area (Å²) in [6.45, 7) is 4.38. The molecule has 2 nitrogen and oxygen atoms in total. The normalized spacial score (nSPS) is 25.8. The van der Waals surface area contributed by atoms with Crippen molar-refractivity contribution in [3.8, 4) is 0 Å². The molecule has 0 bridgehead atoms. The van der Waals surface area contributed by atoms with Gasteiger partial charge in [-0.3, -0.25) is 0 Å². The Kier molecular flexibility index (Phi) is 4.52. The number of anilines is 1. The van der Waals surface area contributed by atoms with Crippen LogP contribution in [0.15, 0.2) is 18.2 Å². The second-order valence-corrected chi connectivity index (χ2v) is 6.00. The molecule has 0 saturated heterocycles. The average molecular weight is 267 g/mol. The molecule has 0 spiro atoms. The van der Waals surface area contributed by atoms with E-state index < -0.39 is 0 Å². The molecule has 1 aliphatic rings. The van der Waals surface area contributed by atoms with Crippen molar-refractivity contribution in [3.63, 3.8) is 0 Å². The molecule has 1 aromatic carbocycles. The molecule has 1 aliphatic carbocycles. The van der Waals surface area contributed by atoms with Gasteiger partial charge >= 0.3 is 0 Å². The maximum absolute atomic E-state index is 6.05. The van der Waals surface area contributed by atoms with Gasteiger partial charge in [-0.15, -0.1) is 0 Å². The smallest absolute Gasteiger partial charge is 0.0426 e. The monoisotopic (exact) mass is 266 g/mol. The lowest BCUT2D eigenvalue weighted by molar-refractivity contribution is 0.302. The zero-order valence-corrected chi connectivity index (χ0v) is 12.0. The number of nitrogens with two attached hydrogens (primary N) is 1. The van der Waals surface area contributed by atoms with Crippen molar-refractivity contribution in [1.29, 1.82) is 0 Å². The molecule has 2 rings (SSSR count). The van der Waals surface area contributed by atoms with E-state index in [1.54, 1.807) is 0 Å². The summed E-state index contributed by atoms with van der Waals surface area (Å²) < 4.78 is 0. The van der Waals surface area contributed by atoms with Crippen LogP contribution in [0.25, 0.3) is 0 Å². The molecule has 1 saturated carbocycles. The van der Waals surface area contributed by atoms with E-state index in [2.05, 4.69) is 25.2 Å². The molecular formula is C15H23ClN2. The van der Waals surface area contributed by atoms with E-state index in [1.807, 2.05) is 12.1 Å². The molecule has 0 heterocycles. The Morgan fingerprint density at radius 3 is 2.61 bits per heavy atom. The van der Waals surface area contributed by atoms with Gasteiger partial charge in [-0.2, -0.15) is 0 Å². The number of hydrogen-bond donors (Lipinski definition) is 2. The van der Waals surface area contributed by atoms with Gasteiger partial charge in [0.1, 0.15) is 0 Å². The number of halogens is 1. The van der Waals surface area contributed by atoms with Crippen molar-refractivity contribution in [1.82, 2.24) is 0 Å². The molecule has 0 radical (unpaired) electrons. The highest BCUT2D eigenvalue weighted by molar-refractivity contribution is 6.30. The SMILES string of the molecule is Cc1ccc(Cl)cc1NC(C)C1CCC(N)CC1. The minimum absolute atomic E-state index is 0.418. The van der Waals surface area contributed by atoms with E-state index in [4.69, 9.17) is 17.3 Å². The Morgan fingerprint density at radius 2 is 1.94 bits per heavy atom. The van der Waals surface area contributed by atoms with Gasteiger partial charge in [0.05, 0.1) is 0 Å². The predicted octanol–water partition coefficient (Wildman–Crippen LogP) is 3.97. The third kappa shape index (κ3) is 3.39. The summed E-state index contributed by atoms with van der Waals surface area (Å²) in [5, 5.41) is 4.40. The van der Waals surface area contributed by atoms with Gasteiger partial charge in [0.2, 0.25) is 0 Å². The minimum atomic E-state index is 0.418. The summed E-state index contributed by atoms with van der Waals surface area (Å²) in [6.07, 6.45) is 4.78. The summed E-state index contributed by atoms with van der Waals surface area (Å²) in [7, 11) is 0. The van der Waals surface area contributed by atoms with Crippen molar-refractivity contribution < 1.29 is 0 Å². The van der Waals surface area contributed by atoms with Gasteiger partial charge in [0.15, 0.2) is 0 Å². The van der Waals surface area contributed by atoms with Crippen LogP contribution >= 0.6 is 11.6 Å². The first-order valence-electron chi connectivity index (χ1n) is 6.84. The molecule has 1 unspecified atom stereocenters. The first kappa shape index (κ1) is 13.7. The van der Waals surface area contributed by atoms with E-state index in [0.29, 0.717) is 12.1 Å². The summed E-state index contributed by atoms with van der Waals surface area (Å²) in [5.41, 5.74) is 8.36. The van der Waals surface area contributed by atoms with E-state index in [0.717, 1.165) is 29.5 Å². The summed E-state index contributed by atoms with van der Waals surface area (Å²) in [5.74, 6) is 0.725. The third-order valence-corrected chi connectivity index (χ3v) is 4.34. The Labute approximate surface area is 115 Å². The molecule has 100 valence electrons. The van der Waals surface area contributed by atoms with Gasteiger partial charge in [0, 0.05) is 22.8 Å². The first-order chi connectivity index (χ1) is 8.56. The highest BCUT2D eigenvalue weighted by atomic mass is 35.5. The summed E-state index contributed by atoms with van der Waals surface area (Å²) in [4.78, 5) is 0. The van der Waals surface area contributed by atoms with Crippen LogP contribution in [0, 0.1) is 12.8 Å². The molecule has 0 amide bonds. The lowest BCUT2D eigenvalue weighted by atomic mass is 9.82. The van der Waals surface area contributed by atoms with Crippen molar-refractivity contribution in [2.45, 2.75) is 51.6 Å².